The first-order valence-corrected chi connectivity index (χ1v) is 6.60. The molecule has 0 saturated heterocycles. The Morgan fingerprint density at radius 1 is 1.12 bits per heavy atom. The lowest BCUT2D eigenvalue weighted by atomic mass is 10.1. The van der Waals surface area contributed by atoms with Gasteiger partial charge < -0.3 is 10.1 Å². The van der Waals surface area contributed by atoms with Gasteiger partial charge in [-0.25, -0.2) is 0 Å². The Morgan fingerprint density at radius 2 is 1.76 bits per heavy atom. The van der Waals surface area contributed by atoms with Gasteiger partial charge in [0.1, 0.15) is 5.75 Å². The Kier molecular flexibility index (Phi) is 7.95. The number of phenolic OH excluding ortho intramolecular Hbond substituents is 1. The van der Waals surface area contributed by atoms with Gasteiger partial charge in [-0.1, -0.05) is 41.0 Å². The van der Waals surface area contributed by atoms with Gasteiger partial charge in [-0.3, -0.25) is 0 Å². The maximum Gasteiger partial charge on any atom is 0.116 e. The van der Waals surface area contributed by atoms with Crippen molar-refractivity contribution in [3.8, 4) is 5.75 Å². The molecule has 0 spiro atoms. The predicted molar refractivity (Wildman–Crippen MR) is 76.7 cm³/mol. The van der Waals surface area contributed by atoms with Crippen molar-refractivity contribution in [3.05, 3.63) is 30.0 Å². The van der Waals surface area contributed by atoms with E-state index in [9.17, 15) is 5.11 Å². The number of phenols is 1. The number of aromatic amines is 1. The summed E-state index contributed by atoms with van der Waals surface area (Å²) in [5, 5.41) is 10.5. The summed E-state index contributed by atoms with van der Waals surface area (Å²) in [6, 6.07) is 5.43. The summed E-state index contributed by atoms with van der Waals surface area (Å²) in [6.45, 7) is 10.2. The van der Waals surface area contributed by atoms with E-state index in [1.165, 1.54) is 5.56 Å². The molecule has 0 bridgehead atoms. The Balaban J connectivity index is 0.000000581. The van der Waals surface area contributed by atoms with Crippen molar-refractivity contribution < 1.29 is 5.11 Å². The molecule has 0 unspecified atom stereocenters. The third-order valence-electron chi connectivity index (χ3n) is 2.27. The summed E-state index contributed by atoms with van der Waals surface area (Å²) in [5.41, 5.74) is 2.38. The molecular formula is C15H25NO. The van der Waals surface area contributed by atoms with E-state index in [-0.39, 0.29) is 0 Å². The molecule has 0 radical (unpaired) electrons. The van der Waals surface area contributed by atoms with Crippen molar-refractivity contribution in [3.63, 3.8) is 0 Å². The van der Waals surface area contributed by atoms with E-state index >= 15 is 0 Å². The second-order valence-electron chi connectivity index (χ2n) is 3.29. The maximum atomic E-state index is 9.33. The van der Waals surface area contributed by atoms with Crippen molar-refractivity contribution in [2.24, 2.45) is 0 Å². The maximum absolute atomic E-state index is 9.33. The lowest BCUT2D eigenvalue weighted by Gasteiger charge is -1.96. The fraction of sp³-hybridized carbons (Fsp3) is 0.467. The molecule has 0 aliphatic rings. The molecule has 0 aliphatic carbocycles. The van der Waals surface area contributed by atoms with Crippen LogP contribution in [0.4, 0.5) is 0 Å². The smallest absolute Gasteiger partial charge is 0.116 e. The predicted octanol–water partition coefficient (Wildman–Crippen LogP) is 4.88. The number of hydrogen-bond donors (Lipinski definition) is 2. The van der Waals surface area contributed by atoms with Gasteiger partial charge in [-0.15, -0.1) is 0 Å². The molecule has 1 aromatic heterocycles. The van der Waals surface area contributed by atoms with Gasteiger partial charge in [-0.2, -0.15) is 0 Å². The number of nitrogens with one attached hydrogen (secondary N) is 1. The van der Waals surface area contributed by atoms with E-state index in [1.807, 2.05) is 46.0 Å². The van der Waals surface area contributed by atoms with Crippen LogP contribution in [0.1, 0.15) is 46.6 Å². The highest BCUT2D eigenvalue weighted by Gasteiger charge is 2.02. The van der Waals surface area contributed by atoms with E-state index in [2.05, 4.69) is 11.9 Å². The van der Waals surface area contributed by atoms with Gasteiger partial charge in [0.25, 0.3) is 0 Å². The second kappa shape index (κ2) is 8.68. The van der Waals surface area contributed by atoms with Crippen molar-refractivity contribution in [2.45, 2.75) is 47.5 Å². The number of aromatic nitrogens is 1. The average molecular weight is 235 g/mol. The van der Waals surface area contributed by atoms with Crippen LogP contribution < -0.4 is 0 Å². The van der Waals surface area contributed by atoms with Crippen molar-refractivity contribution in [1.82, 2.24) is 4.98 Å². The molecule has 2 nitrogen and oxygen atoms in total. The summed E-state index contributed by atoms with van der Waals surface area (Å²) in [4.78, 5) is 3.19. The number of rotatable bonds is 2. The van der Waals surface area contributed by atoms with Crippen LogP contribution in [0.5, 0.6) is 5.75 Å². The van der Waals surface area contributed by atoms with Gasteiger partial charge >= 0.3 is 0 Å². The highest BCUT2D eigenvalue weighted by Crippen LogP contribution is 2.23. The number of fused-ring (bicyclic) bond motifs is 1. The molecule has 0 saturated carbocycles. The minimum atomic E-state index is 0.337. The molecule has 17 heavy (non-hydrogen) atoms. The van der Waals surface area contributed by atoms with Crippen molar-refractivity contribution in [2.75, 3.05) is 0 Å². The van der Waals surface area contributed by atoms with Gasteiger partial charge in [0, 0.05) is 17.1 Å². The van der Waals surface area contributed by atoms with E-state index in [4.69, 9.17) is 0 Å². The van der Waals surface area contributed by atoms with Gasteiger partial charge in [-0.05, 0) is 30.2 Å². The standard InChI is InChI=1S/C11H13NO.2C2H6/c1-2-3-8-7-12-11-5-4-9(13)6-10(8)11;2*1-2/h4-7,12-13H,2-3H2,1H3;2*1-2H3. The van der Waals surface area contributed by atoms with Crippen LogP contribution in [0.3, 0.4) is 0 Å². The number of aromatic hydroxyl groups is 1. The molecule has 2 heteroatoms. The second-order valence-corrected chi connectivity index (χ2v) is 3.29. The number of hydrogen-bond acceptors (Lipinski definition) is 1. The van der Waals surface area contributed by atoms with Crippen LogP contribution >= 0.6 is 0 Å². The normalized spacial score (nSPS) is 9.00. The van der Waals surface area contributed by atoms with Gasteiger partial charge in [0.15, 0.2) is 0 Å². The average Bonchev–Trinajstić information content (AvgIpc) is 2.78. The van der Waals surface area contributed by atoms with Crippen LogP contribution in [-0.4, -0.2) is 10.1 Å². The summed E-state index contributed by atoms with van der Waals surface area (Å²) >= 11 is 0. The molecule has 1 aromatic carbocycles. The molecule has 0 atom stereocenters. The quantitative estimate of drug-likeness (QED) is 0.764. The highest BCUT2D eigenvalue weighted by molar-refractivity contribution is 5.84. The van der Waals surface area contributed by atoms with Crippen LogP contribution in [0.15, 0.2) is 24.4 Å². The Hall–Kier alpha value is -1.44. The SMILES string of the molecule is CC.CC.CCCc1c[nH]c2ccc(O)cc12. The molecular weight excluding hydrogens is 210 g/mol. The fourth-order valence-corrected chi connectivity index (χ4v) is 1.64. The molecule has 96 valence electrons. The monoisotopic (exact) mass is 235 g/mol. The number of benzene rings is 1. The topological polar surface area (TPSA) is 36.0 Å². The third-order valence-corrected chi connectivity index (χ3v) is 2.27. The molecule has 2 N–H and O–H groups in total. The Morgan fingerprint density at radius 3 is 2.35 bits per heavy atom. The molecule has 0 fully saturated rings. The largest absolute Gasteiger partial charge is 0.508 e. The first-order chi connectivity index (χ1) is 8.31. The van der Waals surface area contributed by atoms with Gasteiger partial charge in [0.2, 0.25) is 0 Å². The highest BCUT2D eigenvalue weighted by atomic mass is 16.3. The van der Waals surface area contributed by atoms with Crippen molar-refractivity contribution in [1.29, 1.82) is 0 Å². The third kappa shape index (κ3) is 4.14. The van der Waals surface area contributed by atoms with Crippen LogP contribution in [0.2, 0.25) is 0 Å². The van der Waals surface area contributed by atoms with Crippen molar-refractivity contribution >= 4 is 10.9 Å². The minimum Gasteiger partial charge on any atom is -0.508 e. The van der Waals surface area contributed by atoms with Crippen LogP contribution in [0.25, 0.3) is 10.9 Å². The molecule has 2 rings (SSSR count). The first-order valence-electron chi connectivity index (χ1n) is 6.60. The lowest BCUT2D eigenvalue weighted by molar-refractivity contribution is 0.476. The zero-order valence-corrected chi connectivity index (χ0v) is 11.7. The molecule has 1 heterocycles. The van der Waals surface area contributed by atoms with E-state index in [0.29, 0.717) is 5.75 Å². The van der Waals surface area contributed by atoms with Gasteiger partial charge in [0.05, 0.1) is 0 Å². The summed E-state index contributed by atoms with van der Waals surface area (Å²) in [6.07, 6.45) is 4.21. The molecule has 0 aliphatic heterocycles. The number of aryl methyl sites for hydroxylation is 1. The zero-order valence-electron chi connectivity index (χ0n) is 11.7. The first kappa shape index (κ1) is 15.6. The van der Waals surface area contributed by atoms with E-state index in [1.54, 1.807) is 6.07 Å². The molecule has 2 aromatic rings. The summed E-state index contributed by atoms with van der Waals surface area (Å²) in [5.74, 6) is 0.337. The molecule has 0 amide bonds. The minimum absolute atomic E-state index is 0.337. The fourth-order valence-electron chi connectivity index (χ4n) is 1.64. The van der Waals surface area contributed by atoms with Crippen LogP contribution in [-0.2, 0) is 6.42 Å². The zero-order chi connectivity index (χ0) is 13.3. The lowest BCUT2D eigenvalue weighted by Crippen LogP contribution is -1.78. The number of H-pyrrole nitrogens is 1. The Bertz CT molecular complexity index is 418. The Labute approximate surface area is 105 Å². The summed E-state index contributed by atoms with van der Waals surface area (Å²) in [7, 11) is 0. The van der Waals surface area contributed by atoms with E-state index < -0.39 is 0 Å². The summed E-state index contributed by atoms with van der Waals surface area (Å²) < 4.78 is 0. The van der Waals surface area contributed by atoms with E-state index in [0.717, 1.165) is 23.7 Å². The van der Waals surface area contributed by atoms with Crippen LogP contribution in [0, 0.1) is 0 Å².